The Kier molecular flexibility index (Phi) is 12.3. The molecule has 0 unspecified atom stereocenters. The molecule has 0 aromatic rings. The molecule has 0 spiro atoms. The number of ether oxygens (including phenoxy) is 1. The van der Waals surface area contributed by atoms with Crippen molar-refractivity contribution in [3.05, 3.63) is 0 Å². The molecule has 2 rings (SSSR count). The normalized spacial score (nSPS) is 20.9. The van der Waals surface area contributed by atoms with E-state index in [9.17, 15) is 8.42 Å². The quantitative estimate of drug-likeness (QED) is 0.198. The maximum Gasteiger partial charge on any atom is 0.211 e. The lowest BCUT2D eigenvalue weighted by Gasteiger charge is -2.48. The minimum absolute atomic E-state index is 0. The van der Waals surface area contributed by atoms with Crippen molar-refractivity contribution >= 4 is 40.0 Å². The van der Waals surface area contributed by atoms with Gasteiger partial charge in [0.2, 0.25) is 10.0 Å². The van der Waals surface area contributed by atoms with Gasteiger partial charge in [0, 0.05) is 51.9 Å². The highest BCUT2D eigenvalue weighted by Gasteiger charge is 2.38. The molecule has 0 amide bonds. The Morgan fingerprint density at radius 1 is 1.17 bits per heavy atom. The second kappa shape index (κ2) is 13.3. The van der Waals surface area contributed by atoms with Crippen molar-refractivity contribution in [1.29, 1.82) is 0 Å². The number of aliphatic imine (C=N–C) groups is 1. The van der Waals surface area contributed by atoms with E-state index in [0.29, 0.717) is 19.6 Å². The molecular weight excluding hydrogens is 505 g/mol. The summed E-state index contributed by atoms with van der Waals surface area (Å²) in [5, 5.41) is 6.87. The Morgan fingerprint density at radius 3 is 2.38 bits per heavy atom. The van der Waals surface area contributed by atoms with Crippen LogP contribution >= 0.6 is 24.0 Å². The van der Waals surface area contributed by atoms with Crippen molar-refractivity contribution in [2.45, 2.75) is 51.0 Å². The van der Waals surface area contributed by atoms with Crippen LogP contribution in [-0.4, -0.2) is 94.9 Å². The Bertz CT molecular complexity index is 591. The molecule has 0 aromatic heterocycles. The van der Waals surface area contributed by atoms with Crippen LogP contribution in [0.15, 0.2) is 4.99 Å². The lowest BCUT2D eigenvalue weighted by atomic mass is 9.80. The Morgan fingerprint density at radius 2 is 1.83 bits per heavy atom. The average molecular weight is 546 g/mol. The van der Waals surface area contributed by atoms with Crippen molar-refractivity contribution in [3.63, 3.8) is 0 Å². The van der Waals surface area contributed by atoms with Gasteiger partial charge in [-0.25, -0.2) is 12.7 Å². The van der Waals surface area contributed by atoms with E-state index in [1.54, 1.807) is 7.05 Å². The molecule has 0 radical (unpaired) electrons. The van der Waals surface area contributed by atoms with Crippen molar-refractivity contribution < 1.29 is 13.2 Å². The average Bonchev–Trinajstić information content (AvgIpc) is 2.70. The van der Waals surface area contributed by atoms with E-state index >= 15 is 0 Å². The lowest BCUT2D eigenvalue weighted by molar-refractivity contribution is -0.0352. The molecule has 1 heterocycles. The van der Waals surface area contributed by atoms with Crippen molar-refractivity contribution in [2.75, 3.05) is 65.8 Å². The molecule has 10 heteroatoms. The van der Waals surface area contributed by atoms with Gasteiger partial charge in [0.25, 0.3) is 0 Å². The summed E-state index contributed by atoms with van der Waals surface area (Å²) in [6, 6.07) is 0. The van der Waals surface area contributed by atoms with Crippen molar-refractivity contribution in [1.82, 2.24) is 19.8 Å². The molecule has 0 bridgehead atoms. The Hall–Kier alpha value is -0.170. The third-order valence-corrected chi connectivity index (χ3v) is 7.35. The zero-order chi connectivity index (χ0) is 20.5. The summed E-state index contributed by atoms with van der Waals surface area (Å²) >= 11 is 0. The van der Waals surface area contributed by atoms with Crippen molar-refractivity contribution in [3.8, 4) is 0 Å². The van der Waals surface area contributed by atoms with Gasteiger partial charge in [-0.15, -0.1) is 24.0 Å². The van der Waals surface area contributed by atoms with Crippen LogP contribution in [0.5, 0.6) is 0 Å². The van der Waals surface area contributed by atoms with Gasteiger partial charge in [-0.3, -0.25) is 9.89 Å². The number of rotatable bonds is 9. The van der Waals surface area contributed by atoms with Gasteiger partial charge in [-0.2, -0.15) is 0 Å². The summed E-state index contributed by atoms with van der Waals surface area (Å²) in [6.07, 6.45) is 8.34. The second-order valence-electron chi connectivity index (χ2n) is 7.85. The highest BCUT2D eigenvalue weighted by Crippen LogP contribution is 2.33. The minimum atomic E-state index is -3.12. The van der Waals surface area contributed by atoms with Crippen LogP contribution in [0.2, 0.25) is 0 Å². The third kappa shape index (κ3) is 8.47. The zero-order valence-electron chi connectivity index (χ0n) is 18.3. The molecule has 29 heavy (non-hydrogen) atoms. The van der Waals surface area contributed by atoms with Crippen LogP contribution in [0.4, 0.5) is 0 Å². The number of guanidine groups is 1. The summed E-state index contributed by atoms with van der Waals surface area (Å²) in [6.45, 7) is 8.13. The molecule has 2 N–H and O–H groups in total. The second-order valence-corrected chi connectivity index (χ2v) is 9.83. The van der Waals surface area contributed by atoms with Crippen molar-refractivity contribution in [2.24, 2.45) is 4.99 Å². The topological polar surface area (TPSA) is 86.3 Å². The zero-order valence-corrected chi connectivity index (χ0v) is 21.4. The lowest BCUT2D eigenvalue weighted by Crippen LogP contribution is -2.60. The SMILES string of the molecule is CCN(CCCNC(=NC)NCC1(N2CCOCC2)CCCCC1)S(C)(=O)=O.I. The van der Waals surface area contributed by atoms with Crippen LogP contribution in [0, 0.1) is 0 Å². The minimum Gasteiger partial charge on any atom is -0.379 e. The Labute approximate surface area is 194 Å². The highest BCUT2D eigenvalue weighted by atomic mass is 127. The predicted octanol–water partition coefficient (Wildman–Crippen LogP) is 1.48. The molecule has 1 saturated carbocycles. The molecule has 0 atom stereocenters. The van der Waals surface area contributed by atoms with Crippen LogP contribution in [0.1, 0.15) is 45.4 Å². The molecular formula is C19H40IN5O3S. The van der Waals surface area contributed by atoms with Crippen LogP contribution < -0.4 is 10.6 Å². The molecule has 8 nitrogen and oxygen atoms in total. The molecule has 2 aliphatic rings. The number of hydrogen-bond acceptors (Lipinski definition) is 5. The highest BCUT2D eigenvalue weighted by molar-refractivity contribution is 14.0. The van der Waals surface area contributed by atoms with Crippen LogP contribution in [0.25, 0.3) is 0 Å². The first kappa shape index (κ1) is 26.9. The van der Waals surface area contributed by atoms with Crippen LogP contribution in [0.3, 0.4) is 0 Å². The fourth-order valence-electron chi connectivity index (χ4n) is 4.34. The summed E-state index contributed by atoms with van der Waals surface area (Å²) in [4.78, 5) is 6.97. The molecule has 172 valence electrons. The van der Waals surface area contributed by atoms with Gasteiger partial charge in [-0.05, 0) is 19.3 Å². The first-order valence-corrected chi connectivity index (χ1v) is 12.5. The summed E-state index contributed by atoms with van der Waals surface area (Å²) in [7, 11) is -1.34. The number of sulfonamides is 1. The van der Waals surface area contributed by atoms with E-state index in [-0.39, 0.29) is 29.5 Å². The van der Waals surface area contributed by atoms with E-state index < -0.39 is 10.0 Å². The number of nitrogens with one attached hydrogen (secondary N) is 2. The summed E-state index contributed by atoms with van der Waals surface area (Å²) in [5.41, 5.74) is 0.189. The molecule has 2 fully saturated rings. The number of halogens is 1. The van der Waals surface area contributed by atoms with Gasteiger partial charge in [-0.1, -0.05) is 26.2 Å². The summed E-state index contributed by atoms with van der Waals surface area (Å²) < 4.78 is 30.4. The maximum atomic E-state index is 11.7. The molecule has 1 aliphatic heterocycles. The van der Waals surface area contributed by atoms with E-state index in [1.165, 1.54) is 42.7 Å². The fraction of sp³-hybridized carbons (Fsp3) is 0.947. The maximum absolute atomic E-state index is 11.7. The molecule has 0 aromatic carbocycles. The molecule has 1 saturated heterocycles. The molecule has 1 aliphatic carbocycles. The first-order valence-electron chi connectivity index (χ1n) is 10.6. The van der Waals surface area contributed by atoms with Gasteiger partial charge in [0.1, 0.15) is 0 Å². The van der Waals surface area contributed by atoms with Gasteiger partial charge < -0.3 is 15.4 Å². The first-order chi connectivity index (χ1) is 13.4. The van der Waals surface area contributed by atoms with E-state index in [2.05, 4.69) is 20.5 Å². The number of morpholine rings is 1. The van der Waals surface area contributed by atoms with E-state index in [4.69, 9.17) is 4.74 Å². The standard InChI is InChI=1S/C19H39N5O3S.HI/c1-4-24(28(3,25)26)12-8-11-21-18(20-2)22-17-19(9-6-5-7-10-19)23-13-15-27-16-14-23;/h4-17H2,1-3H3,(H2,20,21,22);1H. The Balaban J connectivity index is 0.00000420. The fourth-order valence-corrected chi connectivity index (χ4v) is 5.27. The summed E-state index contributed by atoms with van der Waals surface area (Å²) in [5.74, 6) is 0.792. The van der Waals surface area contributed by atoms with Crippen LogP contribution in [-0.2, 0) is 14.8 Å². The van der Waals surface area contributed by atoms with Gasteiger partial charge in [0.05, 0.1) is 19.5 Å². The van der Waals surface area contributed by atoms with E-state index in [0.717, 1.165) is 45.2 Å². The number of nitrogens with zero attached hydrogens (tertiary/aromatic N) is 3. The monoisotopic (exact) mass is 545 g/mol. The van der Waals surface area contributed by atoms with Gasteiger partial charge in [0.15, 0.2) is 5.96 Å². The largest absolute Gasteiger partial charge is 0.379 e. The smallest absolute Gasteiger partial charge is 0.211 e. The third-order valence-electron chi connectivity index (χ3n) is 5.97. The predicted molar refractivity (Wildman–Crippen MR) is 130 cm³/mol. The van der Waals surface area contributed by atoms with Gasteiger partial charge >= 0.3 is 0 Å². The van der Waals surface area contributed by atoms with E-state index in [1.807, 2.05) is 6.92 Å². The number of hydrogen-bond donors (Lipinski definition) is 2.